The minimum atomic E-state index is -0.0348. The molecule has 1 aromatic carbocycles. The molecule has 4 aromatic rings. The van der Waals surface area contributed by atoms with Gasteiger partial charge in [-0.3, -0.25) is 9.36 Å². The summed E-state index contributed by atoms with van der Waals surface area (Å²) < 4.78 is 23.5. The van der Waals surface area contributed by atoms with Crippen LogP contribution in [0.4, 0.5) is 0 Å². The first-order valence-corrected chi connectivity index (χ1v) is 10.5. The van der Waals surface area contributed by atoms with E-state index in [-0.39, 0.29) is 18.3 Å². The summed E-state index contributed by atoms with van der Waals surface area (Å²) in [6.07, 6.45) is 0. The first-order chi connectivity index (χ1) is 15.0. The smallest absolute Gasteiger partial charge is 0.277 e. The normalized spacial score (nSPS) is 12.5. The number of benzene rings is 1. The van der Waals surface area contributed by atoms with E-state index < -0.39 is 0 Å². The number of aryl methyl sites for hydroxylation is 2. The number of fused-ring (bicyclic) bond motifs is 1. The van der Waals surface area contributed by atoms with Crippen molar-refractivity contribution in [2.24, 2.45) is 0 Å². The fraction of sp³-hybridized carbons (Fsp3) is 0.238. The van der Waals surface area contributed by atoms with Crippen molar-refractivity contribution >= 4 is 17.5 Å². The van der Waals surface area contributed by atoms with Crippen molar-refractivity contribution in [1.29, 1.82) is 0 Å². The maximum atomic E-state index is 12.8. The molecule has 0 atom stereocenters. The lowest BCUT2D eigenvalue weighted by molar-refractivity contribution is 0.102. The number of Topliss-reactive ketones (excluding diaryl/α,β-unsaturated/α-hetero) is 1. The first kappa shape index (κ1) is 19.4. The van der Waals surface area contributed by atoms with Gasteiger partial charge in [0, 0.05) is 28.6 Å². The number of ketones is 1. The number of hydrogen-bond donors (Lipinski definition) is 0. The summed E-state index contributed by atoms with van der Waals surface area (Å²) in [6.45, 7) is 5.84. The summed E-state index contributed by atoms with van der Waals surface area (Å²) in [5, 5.41) is 12.5. The molecule has 4 heterocycles. The van der Waals surface area contributed by atoms with Crippen LogP contribution in [0.2, 0.25) is 0 Å². The molecule has 31 heavy (non-hydrogen) atoms. The van der Waals surface area contributed by atoms with Gasteiger partial charge in [-0.1, -0.05) is 16.9 Å². The van der Waals surface area contributed by atoms with Gasteiger partial charge in [0.15, 0.2) is 23.1 Å². The van der Waals surface area contributed by atoms with Crippen LogP contribution in [0.1, 0.15) is 27.5 Å². The Labute approximate surface area is 181 Å². The van der Waals surface area contributed by atoms with E-state index in [1.54, 1.807) is 12.1 Å². The van der Waals surface area contributed by atoms with Gasteiger partial charge in [0.1, 0.15) is 5.76 Å². The van der Waals surface area contributed by atoms with E-state index in [4.69, 9.17) is 18.4 Å². The highest BCUT2D eigenvalue weighted by Gasteiger charge is 2.20. The van der Waals surface area contributed by atoms with Crippen molar-refractivity contribution in [2.75, 3.05) is 12.5 Å². The lowest BCUT2D eigenvalue weighted by Gasteiger charge is -2.04. The van der Waals surface area contributed by atoms with Crippen LogP contribution in [0.3, 0.4) is 0 Å². The van der Waals surface area contributed by atoms with Gasteiger partial charge in [0.25, 0.3) is 5.22 Å². The van der Waals surface area contributed by atoms with Gasteiger partial charge < -0.3 is 18.4 Å². The zero-order valence-corrected chi connectivity index (χ0v) is 17.9. The number of aromatic nitrogens is 4. The van der Waals surface area contributed by atoms with Crippen molar-refractivity contribution in [1.82, 2.24) is 19.9 Å². The number of carbonyl (C=O) groups excluding carboxylic acids is 1. The van der Waals surface area contributed by atoms with Crippen LogP contribution in [0, 0.1) is 20.8 Å². The number of rotatable bonds is 6. The molecule has 5 rings (SSSR count). The minimum absolute atomic E-state index is 0.0348. The Morgan fingerprint density at radius 2 is 1.94 bits per heavy atom. The molecule has 0 saturated carbocycles. The second-order valence-electron chi connectivity index (χ2n) is 7.07. The zero-order valence-electron chi connectivity index (χ0n) is 17.0. The van der Waals surface area contributed by atoms with Crippen molar-refractivity contribution in [3.8, 4) is 28.8 Å². The average Bonchev–Trinajstić information content (AvgIpc) is 3.53. The Kier molecular flexibility index (Phi) is 4.78. The predicted molar refractivity (Wildman–Crippen MR) is 111 cm³/mol. The SMILES string of the molecule is Cc1cc(-n2c(C)cc(C(=O)CSc3nnc(-c4ccc5c(c4)OCO5)o3)c2C)no1. The fourth-order valence-electron chi connectivity index (χ4n) is 3.48. The van der Waals surface area contributed by atoms with Crippen LogP contribution in [0.25, 0.3) is 17.3 Å². The summed E-state index contributed by atoms with van der Waals surface area (Å²) in [5.41, 5.74) is 3.06. The Morgan fingerprint density at radius 1 is 1.10 bits per heavy atom. The Hall–Kier alpha value is -3.53. The van der Waals surface area contributed by atoms with Crippen LogP contribution in [-0.4, -0.2) is 38.3 Å². The Morgan fingerprint density at radius 3 is 2.74 bits per heavy atom. The van der Waals surface area contributed by atoms with Crippen LogP contribution < -0.4 is 9.47 Å². The molecule has 0 aliphatic carbocycles. The van der Waals surface area contributed by atoms with Crippen LogP contribution >= 0.6 is 11.8 Å². The number of nitrogens with zero attached hydrogens (tertiary/aromatic N) is 4. The van der Waals surface area contributed by atoms with Crippen LogP contribution in [0.5, 0.6) is 11.5 Å². The van der Waals surface area contributed by atoms with E-state index in [0.717, 1.165) is 17.0 Å². The highest BCUT2D eigenvalue weighted by Crippen LogP contribution is 2.36. The van der Waals surface area contributed by atoms with E-state index in [1.807, 2.05) is 43.5 Å². The summed E-state index contributed by atoms with van der Waals surface area (Å²) in [4.78, 5) is 12.8. The molecule has 0 radical (unpaired) electrons. The molecule has 1 aliphatic heterocycles. The minimum Gasteiger partial charge on any atom is -0.454 e. The van der Waals surface area contributed by atoms with Crippen LogP contribution in [0.15, 0.2) is 44.5 Å². The molecule has 0 amide bonds. The molecule has 0 bridgehead atoms. The summed E-state index contributed by atoms with van der Waals surface area (Å²) in [5.74, 6) is 3.18. The molecule has 3 aromatic heterocycles. The quantitative estimate of drug-likeness (QED) is 0.324. The van der Waals surface area contributed by atoms with Gasteiger partial charge in [-0.2, -0.15) is 0 Å². The van der Waals surface area contributed by atoms with E-state index in [9.17, 15) is 4.79 Å². The van der Waals surface area contributed by atoms with E-state index in [0.29, 0.717) is 39.8 Å². The second-order valence-corrected chi connectivity index (χ2v) is 8.00. The third kappa shape index (κ3) is 3.59. The van der Waals surface area contributed by atoms with E-state index in [1.165, 1.54) is 11.8 Å². The topological polar surface area (TPSA) is 105 Å². The predicted octanol–water partition coefficient (Wildman–Crippen LogP) is 4.14. The van der Waals surface area contributed by atoms with Crippen molar-refractivity contribution < 1.29 is 23.2 Å². The molecular formula is C21H18N4O5S. The van der Waals surface area contributed by atoms with E-state index in [2.05, 4.69) is 15.4 Å². The summed E-state index contributed by atoms with van der Waals surface area (Å²) in [6, 6.07) is 9.09. The molecule has 1 aliphatic rings. The second kappa shape index (κ2) is 7.62. The standard InChI is InChI=1S/C21H18N4O5S/c1-11-6-15(13(3)25(11)19-7-12(2)30-24-19)16(26)9-31-21-23-22-20(29-21)14-4-5-17-18(8-14)28-10-27-17/h4-8H,9-10H2,1-3H3. The lowest BCUT2D eigenvalue weighted by Crippen LogP contribution is -2.05. The highest BCUT2D eigenvalue weighted by molar-refractivity contribution is 7.99. The Balaban J connectivity index is 1.29. The summed E-state index contributed by atoms with van der Waals surface area (Å²) in [7, 11) is 0. The molecule has 0 spiro atoms. The fourth-order valence-corrected chi connectivity index (χ4v) is 4.12. The van der Waals surface area contributed by atoms with Gasteiger partial charge in [-0.25, -0.2) is 0 Å². The zero-order chi connectivity index (χ0) is 21.5. The molecule has 158 valence electrons. The summed E-state index contributed by atoms with van der Waals surface area (Å²) >= 11 is 1.20. The third-order valence-electron chi connectivity index (χ3n) is 4.93. The molecule has 0 unspecified atom stereocenters. The number of thioether (sulfide) groups is 1. The van der Waals surface area contributed by atoms with Gasteiger partial charge >= 0.3 is 0 Å². The van der Waals surface area contributed by atoms with Crippen LogP contribution in [-0.2, 0) is 0 Å². The first-order valence-electron chi connectivity index (χ1n) is 9.52. The molecule has 9 nitrogen and oxygen atoms in total. The third-order valence-corrected chi connectivity index (χ3v) is 5.75. The number of hydrogen-bond acceptors (Lipinski definition) is 9. The van der Waals surface area contributed by atoms with Gasteiger partial charge in [-0.05, 0) is 45.0 Å². The van der Waals surface area contributed by atoms with Crippen molar-refractivity contribution in [3.05, 3.63) is 53.0 Å². The number of ether oxygens (including phenoxy) is 2. The molecule has 0 N–H and O–H groups in total. The Bertz CT molecular complexity index is 1290. The monoisotopic (exact) mass is 438 g/mol. The molecule has 10 heteroatoms. The lowest BCUT2D eigenvalue weighted by atomic mass is 10.2. The van der Waals surface area contributed by atoms with E-state index >= 15 is 0 Å². The van der Waals surface area contributed by atoms with Crippen molar-refractivity contribution in [3.63, 3.8) is 0 Å². The maximum absolute atomic E-state index is 12.8. The largest absolute Gasteiger partial charge is 0.454 e. The van der Waals surface area contributed by atoms with Crippen molar-refractivity contribution in [2.45, 2.75) is 26.0 Å². The van der Waals surface area contributed by atoms with Gasteiger partial charge in [0.2, 0.25) is 12.7 Å². The maximum Gasteiger partial charge on any atom is 0.277 e. The van der Waals surface area contributed by atoms with Gasteiger partial charge in [-0.15, -0.1) is 10.2 Å². The number of carbonyl (C=O) groups is 1. The average molecular weight is 438 g/mol. The highest BCUT2D eigenvalue weighted by atomic mass is 32.2. The molecule has 0 fully saturated rings. The van der Waals surface area contributed by atoms with Gasteiger partial charge in [0.05, 0.1) is 5.75 Å². The molecular weight excluding hydrogens is 420 g/mol. The molecule has 0 saturated heterocycles.